The molecule has 86 heavy (non-hydrogen) atoms. The van der Waals surface area contributed by atoms with E-state index in [-0.39, 0.29) is 0 Å². The van der Waals surface area contributed by atoms with Gasteiger partial charge in [0.05, 0.1) is 56.6 Å². The molecule has 16 bridgehead atoms. The maximum absolute atomic E-state index is 5.49. The van der Waals surface area contributed by atoms with Crippen molar-refractivity contribution < 1.29 is 0 Å². The lowest BCUT2D eigenvalue weighted by molar-refractivity contribution is 1.30. The largest absolute Gasteiger partial charge is 0.355 e. The second-order valence-corrected chi connectivity index (χ2v) is 21.5. The quantitative estimate of drug-likeness (QED) is 0.124. The molecular weight excluding hydrogens is 1050 g/mol. The van der Waals surface area contributed by atoms with Crippen LogP contribution in [0.15, 0.2) is 231 Å². The molecule has 0 fully saturated rings. The summed E-state index contributed by atoms with van der Waals surface area (Å²) in [5.41, 5.74) is 27.9. The first-order valence-electron chi connectivity index (χ1n) is 28.8. The van der Waals surface area contributed by atoms with Crippen LogP contribution in [-0.4, -0.2) is 39.9 Å². The first-order valence-corrected chi connectivity index (χ1v) is 28.8. The van der Waals surface area contributed by atoms with E-state index in [1.54, 1.807) is 0 Å². The first-order chi connectivity index (χ1) is 42.6. The van der Waals surface area contributed by atoms with Gasteiger partial charge in [0, 0.05) is 77.6 Å². The van der Waals surface area contributed by atoms with E-state index in [1.807, 2.05) is 30.3 Å². The molecule has 0 radical (unpaired) electrons. The van der Waals surface area contributed by atoms with Crippen LogP contribution in [0.4, 0.5) is 0 Å². The molecule has 0 unspecified atom stereocenters. The van der Waals surface area contributed by atoms with E-state index in [9.17, 15) is 0 Å². The summed E-state index contributed by atoms with van der Waals surface area (Å²) in [5.74, 6) is 7.26. The van der Waals surface area contributed by atoms with Crippen LogP contribution in [-0.2, 0) is 0 Å². The van der Waals surface area contributed by atoms with Gasteiger partial charge in [-0.25, -0.2) is 19.9 Å². The predicted octanol–water partition coefficient (Wildman–Crippen LogP) is 19.0. The maximum atomic E-state index is 5.49. The molecule has 0 amide bonds. The van der Waals surface area contributed by atoms with Gasteiger partial charge >= 0.3 is 0 Å². The molecule has 0 atom stereocenters. The standard InChI is InChI=1S/C78H50N8/c1-6-16-50(17-7-1)73-61-34-31-56(79-61)48-57-32-35-62(80-57)74(51-18-8-2-9-19-51)66-41-47-72(84-66)78(71-46-40-65(73)83-71)55-29-26-49(27-30-55)28-33-58-59-36-38-63(81-59)75(52-20-10-3-11-21-52)67-42-44-69(85-67)77(54-24-14-5-15-25-54)70-45-43-68(86-70)76(53-22-12-4-13-23-53)64-39-37-60(58)82-64/h1-27,29-32,34-48,79,81,84,86H. The first kappa shape index (κ1) is 49.9. The molecule has 10 heterocycles. The van der Waals surface area contributed by atoms with Crippen molar-refractivity contribution in [3.63, 3.8) is 0 Å². The van der Waals surface area contributed by atoms with E-state index < -0.39 is 0 Å². The fourth-order valence-electron chi connectivity index (χ4n) is 12.2. The highest BCUT2D eigenvalue weighted by Gasteiger charge is 2.20. The summed E-state index contributed by atoms with van der Waals surface area (Å²) < 4.78 is 0. The van der Waals surface area contributed by atoms with Crippen molar-refractivity contribution in [1.82, 2.24) is 39.9 Å². The summed E-state index contributed by atoms with van der Waals surface area (Å²) in [5, 5.41) is 0. The van der Waals surface area contributed by atoms with Crippen LogP contribution >= 0.6 is 0 Å². The van der Waals surface area contributed by atoms with Gasteiger partial charge in [0.25, 0.3) is 0 Å². The second kappa shape index (κ2) is 21.1. The molecule has 402 valence electrons. The van der Waals surface area contributed by atoms with E-state index in [2.05, 4.69) is 281 Å². The third kappa shape index (κ3) is 9.19. The summed E-state index contributed by atoms with van der Waals surface area (Å²) in [4.78, 5) is 36.9. The van der Waals surface area contributed by atoms with Gasteiger partial charge in [0.15, 0.2) is 0 Å². The van der Waals surface area contributed by atoms with Gasteiger partial charge in [-0.05, 0) is 149 Å². The third-order valence-electron chi connectivity index (χ3n) is 16.1. The van der Waals surface area contributed by atoms with Gasteiger partial charge in [-0.1, -0.05) is 176 Å². The van der Waals surface area contributed by atoms with E-state index >= 15 is 0 Å². The molecule has 0 spiro atoms. The molecule has 0 saturated carbocycles. The van der Waals surface area contributed by atoms with E-state index in [0.29, 0.717) is 0 Å². The zero-order valence-electron chi connectivity index (χ0n) is 46.3. The summed E-state index contributed by atoms with van der Waals surface area (Å²) in [7, 11) is 0. The van der Waals surface area contributed by atoms with Gasteiger partial charge in [0.1, 0.15) is 0 Å². The molecule has 0 saturated heterocycles. The lowest BCUT2D eigenvalue weighted by Crippen LogP contribution is -1.90. The van der Waals surface area contributed by atoms with Crippen LogP contribution in [0.1, 0.15) is 56.7 Å². The van der Waals surface area contributed by atoms with Crippen molar-refractivity contribution >= 4 is 92.7 Å². The average molecular weight is 1100 g/mol. The van der Waals surface area contributed by atoms with Crippen molar-refractivity contribution in [2.75, 3.05) is 0 Å². The lowest BCUT2D eigenvalue weighted by atomic mass is 10.0. The Labute approximate surface area is 495 Å². The molecule has 4 aliphatic rings. The normalized spacial score (nSPS) is 12.1. The van der Waals surface area contributed by atoms with Crippen LogP contribution in [0, 0.1) is 11.8 Å². The zero-order valence-corrected chi connectivity index (χ0v) is 46.3. The van der Waals surface area contributed by atoms with Crippen LogP contribution in [0.5, 0.6) is 0 Å². The highest BCUT2D eigenvalue weighted by molar-refractivity contribution is 6.00. The molecule has 8 nitrogen and oxygen atoms in total. The number of hydrogen-bond acceptors (Lipinski definition) is 4. The smallest absolute Gasteiger partial charge is 0.0815 e. The van der Waals surface area contributed by atoms with Crippen molar-refractivity contribution in [1.29, 1.82) is 0 Å². The number of benzene rings is 6. The lowest BCUT2D eigenvalue weighted by Gasteiger charge is -2.06. The molecular formula is C78H50N8. The minimum Gasteiger partial charge on any atom is -0.355 e. The molecule has 8 heteroatoms. The van der Waals surface area contributed by atoms with Gasteiger partial charge in [-0.3, -0.25) is 0 Å². The summed E-state index contributed by atoms with van der Waals surface area (Å²) in [6, 6.07) is 80.1. The molecule has 4 aliphatic heterocycles. The van der Waals surface area contributed by atoms with Gasteiger partial charge in [-0.2, -0.15) is 0 Å². The summed E-state index contributed by atoms with van der Waals surface area (Å²) in [6.45, 7) is 0. The van der Waals surface area contributed by atoms with Crippen molar-refractivity contribution in [3.8, 4) is 78.6 Å². The maximum Gasteiger partial charge on any atom is 0.0815 e. The van der Waals surface area contributed by atoms with Gasteiger partial charge in [-0.15, -0.1) is 0 Å². The minimum atomic E-state index is 0.749. The van der Waals surface area contributed by atoms with Crippen LogP contribution in [0.25, 0.3) is 160 Å². The highest BCUT2D eigenvalue weighted by atomic mass is 14.8. The fraction of sp³-hybridized carbons (Fsp3) is 0. The van der Waals surface area contributed by atoms with Gasteiger partial charge < -0.3 is 19.9 Å². The highest BCUT2D eigenvalue weighted by Crippen LogP contribution is 2.39. The number of rotatable bonds is 6. The van der Waals surface area contributed by atoms with Crippen LogP contribution in [0.3, 0.4) is 0 Å². The van der Waals surface area contributed by atoms with Crippen molar-refractivity contribution in [3.05, 3.63) is 287 Å². The van der Waals surface area contributed by atoms with E-state index in [4.69, 9.17) is 19.9 Å². The van der Waals surface area contributed by atoms with Crippen molar-refractivity contribution in [2.45, 2.75) is 0 Å². The summed E-state index contributed by atoms with van der Waals surface area (Å²) in [6.07, 6.45) is 16.9. The topological polar surface area (TPSA) is 115 Å². The fourth-order valence-corrected chi connectivity index (χ4v) is 12.2. The Morgan fingerprint density at radius 2 is 0.535 bits per heavy atom. The molecule has 12 aromatic rings. The SMILES string of the molecule is C(#Cc1c2nc(c(-c3ccccc3)c3ccc([nH]3)c(-c3ccccc3)c3nc(c(-c4ccccc4)c4ccc1[nH]4)C=C3)C=C2)c1ccc(-c2c3nc(c(-c4ccccc4)c4ccc(cc5nc(c(-c6ccccc6)c6ccc2[nH]6)C=C5)[nH]4)C=C3)cc1. The van der Waals surface area contributed by atoms with Gasteiger partial charge in [0.2, 0.25) is 0 Å². The molecule has 4 N–H and O–H groups in total. The predicted molar refractivity (Wildman–Crippen MR) is 356 cm³/mol. The van der Waals surface area contributed by atoms with E-state index in [1.165, 1.54) is 0 Å². The number of aromatic nitrogens is 8. The molecule has 6 aromatic heterocycles. The minimum absolute atomic E-state index is 0.749. The van der Waals surface area contributed by atoms with Crippen LogP contribution in [0.2, 0.25) is 0 Å². The number of fused-ring (bicyclic) bond motifs is 16. The number of H-pyrrole nitrogens is 4. The average Bonchev–Trinajstić information content (AvgIpc) is 3.14. The Bertz CT molecular complexity index is 5170. The Kier molecular flexibility index (Phi) is 12.2. The number of hydrogen-bond donors (Lipinski definition) is 4. The molecule has 0 aliphatic carbocycles. The second-order valence-electron chi connectivity index (χ2n) is 21.5. The Morgan fingerprint density at radius 1 is 0.233 bits per heavy atom. The molecule has 6 aromatic carbocycles. The Hall–Kier alpha value is -11.9. The number of nitrogens with zero attached hydrogens (tertiary/aromatic N) is 4. The van der Waals surface area contributed by atoms with E-state index in [0.717, 1.165) is 168 Å². The van der Waals surface area contributed by atoms with Crippen molar-refractivity contribution in [2.24, 2.45) is 0 Å². The monoisotopic (exact) mass is 1100 g/mol. The molecule has 16 rings (SSSR count). The summed E-state index contributed by atoms with van der Waals surface area (Å²) >= 11 is 0. The third-order valence-corrected chi connectivity index (χ3v) is 16.1. The van der Waals surface area contributed by atoms with Crippen LogP contribution < -0.4 is 0 Å². The zero-order chi connectivity index (χ0) is 56.9. The number of aromatic amines is 4. The Morgan fingerprint density at radius 3 is 0.942 bits per heavy atom. The Balaban J connectivity index is 0.901. The number of nitrogens with one attached hydrogen (secondary N) is 4.